The van der Waals surface area contributed by atoms with Crippen LogP contribution < -0.4 is 0 Å². The van der Waals surface area contributed by atoms with Crippen LogP contribution in [0.5, 0.6) is 0 Å². The van der Waals surface area contributed by atoms with Crippen molar-refractivity contribution in [2.24, 2.45) is 0 Å². The van der Waals surface area contributed by atoms with E-state index in [-0.39, 0.29) is 14.7 Å². The Morgan fingerprint density at radius 2 is 1.67 bits per heavy atom. The molecule has 1 heterocycles. The number of hydrogen-bond acceptors (Lipinski definition) is 1. The van der Waals surface area contributed by atoms with Gasteiger partial charge in [0, 0.05) is 0 Å². The van der Waals surface area contributed by atoms with Crippen molar-refractivity contribution in [3.05, 3.63) is 57.2 Å². The number of benzene rings is 2. The Labute approximate surface area is 126 Å². The second-order valence-corrected chi connectivity index (χ2v) is 7.06. The van der Waals surface area contributed by atoms with Crippen LogP contribution in [0.2, 0.25) is 10.0 Å². The van der Waals surface area contributed by atoms with E-state index in [1.807, 2.05) is 30.3 Å². The molecule has 0 N–H and O–H groups in total. The standard InChI is InChI=1S/C13H7Cl2NSSe/c14-10-6-9-12(7-11(10)15)18-16(13(9)17)8-4-2-1-3-5-8/h1-7H. The summed E-state index contributed by atoms with van der Waals surface area (Å²) in [6, 6.07) is 13.9. The molecule has 3 rings (SSSR count). The van der Waals surface area contributed by atoms with Gasteiger partial charge in [0.05, 0.1) is 0 Å². The number of fused-ring (bicyclic) bond motifs is 1. The first-order chi connectivity index (χ1) is 8.66. The molecule has 90 valence electrons. The molecule has 0 bridgehead atoms. The Balaban J connectivity index is 2.33. The molecule has 0 aliphatic rings. The van der Waals surface area contributed by atoms with E-state index in [4.69, 9.17) is 35.4 Å². The van der Waals surface area contributed by atoms with Crippen molar-refractivity contribution in [1.82, 2.24) is 3.56 Å². The van der Waals surface area contributed by atoms with E-state index >= 15 is 0 Å². The second-order valence-electron chi connectivity index (χ2n) is 3.79. The molecule has 0 unspecified atom stereocenters. The minimum absolute atomic E-state index is 0.127. The third-order valence-electron chi connectivity index (χ3n) is 2.62. The molecule has 5 heteroatoms. The van der Waals surface area contributed by atoms with Gasteiger partial charge in [-0.1, -0.05) is 0 Å². The molecular weight excluding hydrogens is 352 g/mol. The third kappa shape index (κ3) is 2.07. The summed E-state index contributed by atoms with van der Waals surface area (Å²) in [7, 11) is 0. The van der Waals surface area contributed by atoms with Crippen molar-refractivity contribution in [3.63, 3.8) is 0 Å². The van der Waals surface area contributed by atoms with Gasteiger partial charge in [-0.3, -0.25) is 0 Å². The van der Waals surface area contributed by atoms with Crippen LogP contribution in [0, 0.1) is 4.64 Å². The Morgan fingerprint density at radius 1 is 1.00 bits per heavy atom. The van der Waals surface area contributed by atoms with Crippen molar-refractivity contribution in [1.29, 1.82) is 0 Å². The maximum absolute atomic E-state index is 6.05. The van der Waals surface area contributed by atoms with Gasteiger partial charge in [-0.05, 0) is 0 Å². The number of aromatic nitrogens is 1. The third-order valence-corrected chi connectivity index (χ3v) is 6.33. The molecule has 0 aliphatic heterocycles. The Bertz CT molecular complexity index is 777. The van der Waals surface area contributed by atoms with Gasteiger partial charge in [0.2, 0.25) is 0 Å². The molecule has 0 atom stereocenters. The van der Waals surface area contributed by atoms with Gasteiger partial charge in [0.15, 0.2) is 0 Å². The van der Waals surface area contributed by atoms with Crippen LogP contribution >= 0.6 is 35.4 Å². The van der Waals surface area contributed by atoms with E-state index in [9.17, 15) is 0 Å². The minimum atomic E-state index is 0.127. The van der Waals surface area contributed by atoms with Crippen LogP contribution in [0.3, 0.4) is 0 Å². The fraction of sp³-hybridized carbons (Fsp3) is 0. The van der Waals surface area contributed by atoms with Gasteiger partial charge in [0.25, 0.3) is 0 Å². The monoisotopic (exact) mass is 359 g/mol. The number of para-hydroxylation sites is 1. The summed E-state index contributed by atoms with van der Waals surface area (Å²) in [5.74, 6) is 0. The molecule has 0 saturated carbocycles. The second kappa shape index (κ2) is 4.84. The zero-order chi connectivity index (χ0) is 12.7. The van der Waals surface area contributed by atoms with Gasteiger partial charge >= 0.3 is 126 Å². The van der Waals surface area contributed by atoms with Crippen molar-refractivity contribution >= 4 is 59.8 Å². The Kier molecular flexibility index (Phi) is 3.35. The summed E-state index contributed by atoms with van der Waals surface area (Å²) in [4.78, 5) is 0. The van der Waals surface area contributed by atoms with Crippen LogP contribution in [0.4, 0.5) is 0 Å². The summed E-state index contributed by atoms with van der Waals surface area (Å²) in [6.07, 6.45) is 0. The fourth-order valence-electron chi connectivity index (χ4n) is 1.75. The molecule has 1 nitrogen and oxygen atoms in total. The number of hydrogen-bond donors (Lipinski definition) is 0. The quantitative estimate of drug-likeness (QED) is 0.450. The van der Waals surface area contributed by atoms with Gasteiger partial charge in [-0.15, -0.1) is 0 Å². The normalized spacial score (nSPS) is 11.0. The Hall–Kier alpha value is -0.571. The SMILES string of the molecule is S=c1c2cc(Cl)c(Cl)cc2[se]n1-c1ccccc1. The summed E-state index contributed by atoms with van der Waals surface area (Å²) in [6.45, 7) is 0. The molecule has 0 spiro atoms. The summed E-state index contributed by atoms with van der Waals surface area (Å²) in [5, 5.41) is 2.18. The van der Waals surface area contributed by atoms with E-state index in [1.54, 1.807) is 0 Å². The molecule has 0 aliphatic carbocycles. The van der Waals surface area contributed by atoms with Crippen molar-refractivity contribution < 1.29 is 0 Å². The molecule has 18 heavy (non-hydrogen) atoms. The average molecular weight is 359 g/mol. The summed E-state index contributed by atoms with van der Waals surface area (Å²) >= 11 is 17.7. The van der Waals surface area contributed by atoms with E-state index in [2.05, 4.69) is 15.7 Å². The van der Waals surface area contributed by atoms with Crippen LogP contribution in [-0.4, -0.2) is 18.3 Å². The maximum atomic E-state index is 6.05. The molecular formula is C13H7Cl2NSSe. The van der Waals surface area contributed by atoms with E-state index in [0.717, 1.165) is 15.7 Å². The van der Waals surface area contributed by atoms with Gasteiger partial charge in [-0.2, -0.15) is 0 Å². The molecule has 0 radical (unpaired) electrons. The van der Waals surface area contributed by atoms with Crippen molar-refractivity contribution in [3.8, 4) is 5.69 Å². The van der Waals surface area contributed by atoms with Crippen LogP contribution in [0.15, 0.2) is 42.5 Å². The number of halogens is 2. The van der Waals surface area contributed by atoms with Gasteiger partial charge in [0.1, 0.15) is 0 Å². The zero-order valence-corrected chi connectivity index (χ0v) is 13.1. The first kappa shape index (κ1) is 12.5. The molecule has 0 saturated heterocycles. The van der Waals surface area contributed by atoms with Gasteiger partial charge < -0.3 is 0 Å². The van der Waals surface area contributed by atoms with Crippen LogP contribution in [-0.2, 0) is 0 Å². The predicted molar refractivity (Wildman–Crippen MR) is 81.1 cm³/mol. The summed E-state index contributed by atoms with van der Waals surface area (Å²) in [5.41, 5.74) is 1.12. The predicted octanol–water partition coefficient (Wildman–Crippen LogP) is 4.72. The fourth-order valence-corrected chi connectivity index (χ4v) is 5.00. The zero-order valence-electron chi connectivity index (χ0n) is 9.06. The first-order valence-electron chi connectivity index (χ1n) is 5.23. The van der Waals surface area contributed by atoms with Gasteiger partial charge in [-0.25, -0.2) is 0 Å². The number of nitrogens with zero attached hydrogens (tertiary/aromatic N) is 1. The van der Waals surface area contributed by atoms with E-state index in [1.165, 1.54) is 4.26 Å². The number of rotatable bonds is 1. The molecule has 0 fully saturated rings. The molecule has 0 amide bonds. The van der Waals surface area contributed by atoms with E-state index in [0.29, 0.717) is 10.0 Å². The van der Waals surface area contributed by atoms with Crippen molar-refractivity contribution in [2.75, 3.05) is 0 Å². The topological polar surface area (TPSA) is 4.93 Å². The molecule has 3 aromatic rings. The van der Waals surface area contributed by atoms with Crippen LogP contribution in [0.1, 0.15) is 0 Å². The summed E-state index contributed by atoms with van der Waals surface area (Å²) < 4.78 is 4.17. The average Bonchev–Trinajstić information content (AvgIpc) is 2.69. The van der Waals surface area contributed by atoms with E-state index < -0.39 is 0 Å². The molecule has 2 aromatic carbocycles. The molecule has 1 aromatic heterocycles. The Morgan fingerprint density at radius 3 is 2.39 bits per heavy atom. The van der Waals surface area contributed by atoms with Crippen molar-refractivity contribution in [2.45, 2.75) is 0 Å². The van der Waals surface area contributed by atoms with Crippen LogP contribution in [0.25, 0.3) is 15.3 Å². The first-order valence-corrected chi connectivity index (χ1v) is 8.02.